The molecule has 0 unspecified atom stereocenters. The van der Waals surface area contributed by atoms with Crippen molar-refractivity contribution in [3.05, 3.63) is 71.0 Å². The predicted molar refractivity (Wildman–Crippen MR) is 97.5 cm³/mol. The second-order valence-corrected chi connectivity index (χ2v) is 5.97. The average Bonchev–Trinajstić information content (AvgIpc) is 2.61. The Bertz CT molecular complexity index is 1110. The van der Waals surface area contributed by atoms with Crippen molar-refractivity contribution in [3.8, 4) is 11.5 Å². The van der Waals surface area contributed by atoms with Gasteiger partial charge < -0.3 is 9.32 Å². The molecule has 4 rings (SSSR count). The minimum absolute atomic E-state index is 0.0649. The van der Waals surface area contributed by atoms with Crippen LogP contribution in [0.2, 0.25) is 0 Å². The van der Waals surface area contributed by atoms with E-state index in [4.69, 9.17) is 4.42 Å². The van der Waals surface area contributed by atoms with Crippen LogP contribution < -0.4 is 10.3 Å². The molecule has 0 bridgehead atoms. The van der Waals surface area contributed by atoms with Crippen LogP contribution in [-0.2, 0) is 0 Å². The van der Waals surface area contributed by atoms with E-state index >= 15 is 0 Å². The van der Waals surface area contributed by atoms with Crippen molar-refractivity contribution in [1.82, 2.24) is 4.98 Å². The average molecular weight is 316 g/mol. The first kappa shape index (κ1) is 14.5. The molecule has 4 nitrogen and oxygen atoms in total. The van der Waals surface area contributed by atoms with Gasteiger partial charge in [-0.2, -0.15) is 0 Å². The van der Waals surface area contributed by atoms with Gasteiger partial charge in [0, 0.05) is 37.4 Å². The zero-order chi connectivity index (χ0) is 16.7. The third kappa shape index (κ3) is 2.42. The zero-order valence-corrected chi connectivity index (χ0v) is 13.5. The summed E-state index contributed by atoms with van der Waals surface area (Å²) < 4.78 is 5.93. The van der Waals surface area contributed by atoms with E-state index in [0.717, 1.165) is 16.5 Å². The van der Waals surface area contributed by atoms with Gasteiger partial charge in [0.1, 0.15) is 11.3 Å². The summed E-state index contributed by atoms with van der Waals surface area (Å²) in [5, 5.41) is 2.69. The second-order valence-electron chi connectivity index (χ2n) is 5.97. The van der Waals surface area contributed by atoms with Gasteiger partial charge in [-0.25, -0.2) is 0 Å². The number of hydrogen-bond acceptors (Lipinski definition) is 4. The highest BCUT2D eigenvalue weighted by atomic mass is 16.3. The number of rotatable bonds is 2. The van der Waals surface area contributed by atoms with Gasteiger partial charge in [-0.3, -0.25) is 9.78 Å². The van der Waals surface area contributed by atoms with E-state index in [9.17, 15) is 4.79 Å². The van der Waals surface area contributed by atoms with Gasteiger partial charge in [0.05, 0.1) is 5.39 Å². The number of benzene rings is 2. The van der Waals surface area contributed by atoms with Crippen LogP contribution in [0.1, 0.15) is 0 Å². The summed E-state index contributed by atoms with van der Waals surface area (Å²) in [6.45, 7) is 0. The van der Waals surface area contributed by atoms with Gasteiger partial charge >= 0.3 is 0 Å². The van der Waals surface area contributed by atoms with Crippen LogP contribution in [0, 0.1) is 0 Å². The third-order valence-corrected chi connectivity index (χ3v) is 4.11. The highest BCUT2D eigenvalue weighted by Gasteiger charge is 2.10. The molecule has 2 aromatic heterocycles. The van der Waals surface area contributed by atoms with E-state index in [1.54, 1.807) is 6.20 Å². The van der Waals surface area contributed by atoms with Gasteiger partial charge in [-0.1, -0.05) is 24.3 Å². The van der Waals surface area contributed by atoms with E-state index in [-0.39, 0.29) is 5.43 Å². The highest BCUT2D eigenvalue weighted by molar-refractivity contribution is 5.86. The maximum atomic E-state index is 12.5. The molecule has 0 N–H and O–H groups in total. The lowest BCUT2D eigenvalue weighted by atomic mass is 10.1. The molecule has 0 aliphatic carbocycles. The smallest absolute Gasteiger partial charge is 0.193 e. The van der Waals surface area contributed by atoms with Crippen LogP contribution in [0.5, 0.6) is 0 Å². The molecule has 2 aromatic carbocycles. The number of fused-ring (bicyclic) bond motifs is 2. The molecule has 0 fully saturated rings. The minimum atomic E-state index is -0.0649. The van der Waals surface area contributed by atoms with E-state index in [0.29, 0.717) is 22.4 Å². The van der Waals surface area contributed by atoms with Crippen molar-refractivity contribution in [2.45, 2.75) is 0 Å². The lowest BCUT2D eigenvalue weighted by molar-refractivity contribution is 0.616. The molecule has 118 valence electrons. The number of aromatic nitrogens is 1. The van der Waals surface area contributed by atoms with Crippen molar-refractivity contribution in [1.29, 1.82) is 0 Å². The van der Waals surface area contributed by atoms with Crippen molar-refractivity contribution < 1.29 is 4.42 Å². The Hall–Kier alpha value is -3.14. The van der Waals surface area contributed by atoms with Crippen molar-refractivity contribution >= 4 is 27.4 Å². The Labute approximate surface area is 139 Å². The fourth-order valence-corrected chi connectivity index (χ4v) is 2.77. The van der Waals surface area contributed by atoms with Crippen LogP contribution in [-0.4, -0.2) is 19.1 Å². The third-order valence-electron chi connectivity index (χ3n) is 4.11. The molecular formula is C20H16N2O2. The van der Waals surface area contributed by atoms with E-state index in [1.807, 2.05) is 67.5 Å². The summed E-state index contributed by atoms with van der Waals surface area (Å²) >= 11 is 0. The monoisotopic (exact) mass is 316 g/mol. The number of pyridine rings is 1. The number of anilines is 1. The van der Waals surface area contributed by atoms with Gasteiger partial charge in [-0.05, 0) is 29.7 Å². The fraction of sp³-hybridized carbons (Fsp3) is 0.100. The van der Waals surface area contributed by atoms with Gasteiger partial charge in [0.25, 0.3) is 0 Å². The molecule has 2 heterocycles. The quantitative estimate of drug-likeness (QED) is 0.559. The molecule has 0 amide bonds. The zero-order valence-electron chi connectivity index (χ0n) is 13.5. The molecule has 4 aromatic rings. The minimum Gasteiger partial charge on any atom is -0.454 e. The maximum Gasteiger partial charge on any atom is 0.193 e. The largest absolute Gasteiger partial charge is 0.454 e. The molecule has 0 atom stereocenters. The maximum absolute atomic E-state index is 12.5. The summed E-state index contributed by atoms with van der Waals surface area (Å²) in [4.78, 5) is 18.9. The van der Waals surface area contributed by atoms with E-state index in [2.05, 4.69) is 4.98 Å². The SMILES string of the molecule is CN(C)c1ccc2oc(-c3cc4ccccc4cn3)cc(=O)c2c1. The molecule has 4 heteroatoms. The lowest BCUT2D eigenvalue weighted by Crippen LogP contribution is -2.09. The van der Waals surface area contributed by atoms with Crippen LogP contribution >= 0.6 is 0 Å². The summed E-state index contributed by atoms with van der Waals surface area (Å²) in [5.74, 6) is 0.482. The molecule has 0 saturated carbocycles. The lowest BCUT2D eigenvalue weighted by Gasteiger charge is -2.12. The summed E-state index contributed by atoms with van der Waals surface area (Å²) in [5.41, 5.74) is 2.12. The first-order valence-electron chi connectivity index (χ1n) is 7.72. The Balaban J connectivity index is 1.90. The van der Waals surface area contributed by atoms with E-state index in [1.165, 1.54) is 6.07 Å². The molecule has 0 radical (unpaired) electrons. The van der Waals surface area contributed by atoms with Gasteiger partial charge in [0.2, 0.25) is 0 Å². The number of hydrogen-bond donors (Lipinski definition) is 0. The molecule has 0 saturated heterocycles. The Morgan fingerprint density at radius 3 is 2.54 bits per heavy atom. The van der Waals surface area contributed by atoms with Crippen LogP contribution in [0.15, 0.2) is 70.0 Å². The number of nitrogens with zero attached hydrogens (tertiary/aromatic N) is 2. The van der Waals surface area contributed by atoms with Crippen molar-refractivity contribution in [2.75, 3.05) is 19.0 Å². The first-order valence-corrected chi connectivity index (χ1v) is 7.72. The summed E-state index contributed by atoms with van der Waals surface area (Å²) in [6, 6.07) is 17.0. The van der Waals surface area contributed by atoms with Crippen molar-refractivity contribution in [2.24, 2.45) is 0 Å². The Morgan fingerprint density at radius 2 is 1.75 bits per heavy atom. The van der Waals surface area contributed by atoms with Gasteiger partial charge in [-0.15, -0.1) is 0 Å². The summed E-state index contributed by atoms with van der Waals surface area (Å²) in [6.07, 6.45) is 1.80. The van der Waals surface area contributed by atoms with Crippen LogP contribution in [0.3, 0.4) is 0 Å². The van der Waals surface area contributed by atoms with Crippen molar-refractivity contribution in [3.63, 3.8) is 0 Å². The molecule has 0 aliphatic rings. The normalized spacial score (nSPS) is 11.1. The molecule has 0 spiro atoms. The topological polar surface area (TPSA) is 46.3 Å². The molecular weight excluding hydrogens is 300 g/mol. The summed E-state index contributed by atoms with van der Waals surface area (Å²) in [7, 11) is 3.88. The Kier molecular flexibility index (Phi) is 3.31. The Morgan fingerprint density at radius 1 is 0.958 bits per heavy atom. The second kappa shape index (κ2) is 5.49. The van der Waals surface area contributed by atoms with Crippen LogP contribution in [0.4, 0.5) is 5.69 Å². The standard InChI is InChI=1S/C20H16N2O2/c1-22(2)15-7-8-19-16(10-15)18(23)11-20(24-19)17-9-13-5-3-4-6-14(13)12-21-17/h3-12H,1-2H3. The molecule has 24 heavy (non-hydrogen) atoms. The highest BCUT2D eigenvalue weighted by Crippen LogP contribution is 2.25. The molecule has 0 aliphatic heterocycles. The first-order chi connectivity index (χ1) is 11.6. The van der Waals surface area contributed by atoms with E-state index < -0.39 is 0 Å². The van der Waals surface area contributed by atoms with Crippen LogP contribution in [0.25, 0.3) is 33.2 Å². The fourth-order valence-electron chi connectivity index (χ4n) is 2.77. The van der Waals surface area contributed by atoms with Gasteiger partial charge in [0.15, 0.2) is 11.2 Å². The predicted octanol–water partition coefficient (Wildman–Crippen LogP) is 4.07.